The minimum atomic E-state index is -0.0438. The Hall–Kier alpha value is -2.57. The van der Waals surface area contributed by atoms with Crippen molar-refractivity contribution >= 4 is 11.6 Å². The number of likely N-dealkylation sites (N-methyl/N-ethyl adjacent to an activating group) is 2. The van der Waals surface area contributed by atoms with E-state index in [1.54, 1.807) is 7.11 Å². The molecule has 0 spiro atoms. The monoisotopic (exact) mass is 408 g/mol. The second-order valence-corrected chi connectivity index (χ2v) is 8.35. The number of benzene rings is 2. The topological polar surface area (TPSA) is 48.1 Å². The van der Waals surface area contributed by atoms with Crippen LogP contribution in [0.25, 0.3) is 0 Å². The zero-order valence-corrected chi connectivity index (χ0v) is 18.2. The summed E-state index contributed by atoms with van der Waals surface area (Å²) < 4.78 is 5.19. The van der Waals surface area contributed by atoms with Crippen molar-refractivity contribution in [1.29, 1.82) is 0 Å². The average molecular weight is 409 g/mol. The van der Waals surface area contributed by atoms with E-state index in [1.807, 2.05) is 24.3 Å². The van der Waals surface area contributed by atoms with Gasteiger partial charge in [0.2, 0.25) is 0 Å². The molecule has 2 aliphatic heterocycles. The van der Waals surface area contributed by atoms with E-state index >= 15 is 0 Å². The number of hydrogen-bond acceptors (Lipinski definition) is 5. The van der Waals surface area contributed by atoms with Crippen LogP contribution in [0.4, 0.5) is 5.69 Å². The van der Waals surface area contributed by atoms with Crippen molar-refractivity contribution in [2.24, 2.45) is 0 Å². The number of amides is 1. The fourth-order valence-electron chi connectivity index (χ4n) is 4.42. The Morgan fingerprint density at radius 3 is 2.47 bits per heavy atom. The molecule has 1 fully saturated rings. The van der Waals surface area contributed by atoms with E-state index in [0.29, 0.717) is 12.1 Å². The molecular weight excluding hydrogens is 376 g/mol. The SMILES string of the molecule is COc1ccc(C(=O)NC[C@H](c2ccc3c(c2)CCN3C)N2CCN(C)CC2)cc1. The van der Waals surface area contributed by atoms with E-state index in [2.05, 4.69) is 52.3 Å². The predicted octanol–water partition coefficient (Wildman–Crippen LogP) is 2.41. The van der Waals surface area contributed by atoms with Crippen LogP contribution in [-0.2, 0) is 6.42 Å². The fraction of sp³-hybridized carbons (Fsp3) is 0.458. The normalized spacial score (nSPS) is 18.2. The summed E-state index contributed by atoms with van der Waals surface area (Å²) in [6.45, 7) is 5.80. The lowest BCUT2D eigenvalue weighted by atomic mass is 10.00. The summed E-state index contributed by atoms with van der Waals surface area (Å²) >= 11 is 0. The van der Waals surface area contributed by atoms with Crippen LogP contribution in [0.15, 0.2) is 42.5 Å². The Morgan fingerprint density at radius 2 is 1.77 bits per heavy atom. The molecule has 6 heteroatoms. The van der Waals surface area contributed by atoms with Crippen molar-refractivity contribution in [3.63, 3.8) is 0 Å². The molecule has 0 bridgehead atoms. The van der Waals surface area contributed by atoms with Crippen molar-refractivity contribution in [1.82, 2.24) is 15.1 Å². The lowest BCUT2D eigenvalue weighted by molar-refractivity contribution is 0.0886. The second kappa shape index (κ2) is 9.06. The van der Waals surface area contributed by atoms with Crippen LogP contribution in [0.2, 0.25) is 0 Å². The number of methoxy groups -OCH3 is 1. The molecule has 1 amide bonds. The van der Waals surface area contributed by atoms with E-state index in [4.69, 9.17) is 4.74 Å². The molecule has 160 valence electrons. The van der Waals surface area contributed by atoms with Gasteiger partial charge in [-0.2, -0.15) is 0 Å². The molecule has 1 N–H and O–H groups in total. The van der Waals surface area contributed by atoms with Crippen molar-refractivity contribution in [3.05, 3.63) is 59.2 Å². The number of carbonyl (C=O) groups excluding carboxylic acids is 1. The molecule has 0 unspecified atom stereocenters. The standard InChI is InChI=1S/C24H32N4O2/c1-26-12-14-28(15-13-26)23(19-6-9-22-20(16-19)10-11-27(22)2)17-25-24(29)18-4-7-21(30-3)8-5-18/h4-9,16,23H,10-15,17H2,1-3H3,(H,25,29)/t23-/m1/s1. The molecule has 1 saturated heterocycles. The van der Waals surface area contributed by atoms with Crippen LogP contribution >= 0.6 is 0 Å². The van der Waals surface area contributed by atoms with Crippen LogP contribution < -0.4 is 15.0 Å². The first-order valence-electron chi connectivity index (χ1n) is 10.7. The molecule has 0 aromatic heterocycles. The number of rotatable bonds is 6. The number of fused-ring (bicyclic) bond motifs is 1. The van der Waals surface area contributed by atoms with Crippen molar-refractivity contribution in [3.8, 4) is 5.75 Å². The highest BCUT2D eigenvalue weighted by molar-refractivity contribution is 5.94. The van der Waals surface area contributed by atoms with Crippen LogP contribution in [0.3, 0.4) is 0 Å². The largest absolute Gasteiger partial charge is 0.497 e. The highest BCUT2D eigenvalue weighted by atomic mass is 16.5. The van der Waals surface area contributed by atoms with E-state index in [9.17, 15) is 4.79 Å². The first-order chi connectivity index (χ1) is 14.5. The smallest absolute Gasteiger partial charge is 0.251 e. The van der Waals surface area contributed by atoms with E-state index in [1.165, 1.54) is 16.8 Å². The molecule has 30 heavy (non-hydrogen) atoms. The van der Waals surface area contributed by atoms with Gasteiger partial charge in [-0.25, -0.2) is 0 Å². The third-order valence-electron chi connectivity index (χ3n) is 6.40. The number of ether oxygens (including phenoxy) is 1. The number of nitrogens with zero attached hydrogens (tertiary/aromatic N) is 3. The first-order valence-corrected chi connectivity index (χ1v) is 10.7. The maximum Gasteiger partial charge on any atom is 0.251 e. The molecular formula is C24H32N4O2. The third kappa shape index (κ3) is 4.45. The zero-order valence-electron chi connectivity index (χ0n) is 18.2. The number of nitrogens with one attached hydrogen (secondary N) is 1. The van der Waals surface area contributed by atoms with Gasteiger partial charge in [-0.15, -0.1) is 0 Å². The molecule has 2 aromatic rings. The summed E-state index contributed by atoms with van der Waals surface area (Å²) in [5.41, 5.74) is 4.70. The number of hydrogen-bond donors (Lipinski definition) is 1. The molecule has 0 aliphatic carbocycles. The van der Waals surface area contributed by atoms with Crippen LogP contribution in [0, 0.1) is 0 Å². The van der Waals surface area contributed by atoms with Gasteiger partial charge in [-0.3, -0.25) is 9.69 Å². The van der Waals surface area contributed by atoms with Gasteiger partial charge in [0.1, 0.15) is 5.75 Å². The van der Waals surface area contributed by atoms with Crippen molar-refractivity contribution in [2.75, 3.05) is 65.4 Å². The number of carbonyl (C=O) groups is 1. The quantitative estimate of drug-likeness (QED) is 0.796. The maximum atomic E-state index is 12.8. The molecule has 4 rings (SSSR count). The van der Waals surface area contributed by atoms with Gasteiger partial charge in [-0.1, -0.05) is 12.1 Å². The van der Waals surface area contributed by atoms with Crippen molar-refractivity contribution in [2.45, 2.75) is 12.5 Å². The van der Waals surface area contributed by atoms with Crippen LogP contribution in [-0.4, -0.2) is 76.2 Å². The lowest BCUT2D eigenvalue weighted by Crippen LogP contribution is -2.48. The lowest BCUT2D eigenvalue weighted by Gasteiger charge is -2.38. The second-order valence-electron chi connectivity index (χ2n) is 8.35. The zero-order chi connectivity index (χ0) is 21.1. The Morgan fingerprint density at radius 1 is 1.03 bits per heavy atom. The molecule has 2 heterocycles. The van der Waals surface area contributed by atoms with Crippen molar-refractivity contribution < 1.29 is 9.53 Å². The summed E-state index contributed by atoms with van der Waals surface area (Å²) in [7, 11) is 5.95. The number of piperazine rings is 1. The highest BCUT2D eigenvalue weighted by Crippen LogP contribution is 2.31. The summed E-state index contributed by atoms with van der Waals surface area (Å²) in [5, 5.41) is 3.17. The average Bonchev–Trinajstić information content (AvgIpc) is 3.15. The first kappa shape index (κ1) is 20.7. The summed E-state index contributed by atoms with van der Waals surface area (Å²) in [6.07, 6.45) is 1.09. The van der Waals surface area contributed by atoms with Crippen LogP contribution in [0.1, 0.15) is 27.5 Å². The predicted molar refractivity (Wildman–Crippen MR) is 121 cm³/mol. The molecule has 2 aliphatic rings. The van der Waals surface area contributed by atoms with Gasteiger partial charge >= 0.3 is 0 Å². The maximum absolute atomic E-state index is 12.8. The molecule has 2 aromatic carbocycles. The molecule has 0 radical (unpaired) electrons. The molecule has 1 atom stereocenters. The minimum absolute atomic E-state index is 0.0438. The number of anilines is 1. The summed E-state index contributed by atoms with van der Waals surface area (Å²) in [4.78, 5) is 19.9. The van der Waals surface area contributed by atoms with Gasteiger partial charge in [0.15, 0.2) is 0 Å². The van der Waals surface area contributed by atoms with Gasteiger partial charge in [0.25, 0.3) is 5.91 Å². The third-order valence-corrected chi connectivity index (χ3v) is 6.40. The Labute approximate surface area is 179 Å². The molecule has 0 saturated carbocycles. The summed E-state index contributed by atoms with van der Waals surface area (Å²) in [5.74, 6) is 0.711. The van der Waals surface area contributed by atoms with E-state index in [0.717, 1.165) is 44.9 Å². The highest BCUT2D eigenvalue weighted by Gasteiger charge is 2.26. The van der Waals surface area contributed by atoms with Gasteiger partial charge in [0, 0.05) is 57.6 Å². The van der Waals surface area contributed by atoms with E-state index in [-0.39, 0.29) is 11.9 Å². The Bertz CT molecular complexity index is 875. The van der Waals surface area contributed by atoms with Crippen LogP contribution in [0.5, 0.6) is 5.75 Å². The summed E-state index contributed by atoms with van der Waals surface area (Å²) in [6, 6.07) is 14.3. The van der Waals surface area contributed by atoms with E-state index < -0.39 is 0 Å². The Balaban J connectivity index is 1.51. The fourth-order valence-corrected chi connectivity index (χ4v) is 4.42. The van der Waals surface area contributed by atoms with Gasteiger partial charge < -0.3 is 19.9 Å². The molecule has 6 nitrogen and oxygen atoms in total. The minimum Gasteiger partial charge on any atom is -0.497 e. The Kier molecular flexibility index (Phi) is 6.25. The van der Waals surface area contributed by atoms with Gasteiger partial charge in [-0.05, 0) is 54.9 Å². The van der Waals surface area contributed by atoms with Gasteiger partial charge in [0.05, 0.1) is 13.2 Å².